The maximum atomic E-state index is 4.44. The summed E-state index contributed by atoms with van der Waals surface area (Å²) in [6, 6.07) is 16.8. The van der Waals surface area contributed by atoms with Crippen molar-refractivity contribution in [3.63, 3.8) is 0 Å². The molecule has 0 saturated carbocycles. The molecule has 0 fully saturated rings. The topological polar surface area (TPSA) is 29.6 Å². The van der Waals surface area contributed by atoms with E-state index in [1.165, 1.54) is 11.1 Å². The van der Waals surface area contributed by atoms with Gasteiger partial charge in [0.2, 0.25) is 0 Å². The Morgan fingerprint density at radius 1 is 0.905 bits per heavy atom. The predicted molar refractivity (Wildman–Crippen MR) is 87.7 cm³/mol. The van der Waals surface area contributed by atoms with E-state index in [1.54, 1.807) is 0 Å². The first-order chi connectivity index (χ1) is 10.1. The summed E-state index contributed by atoms with van der Waals surface area (Å²) < 4.78 is 2.23. The van der Waals surface area contributed by atoms with Crippen molar-refractivity contribution in [3.05, 3.63) is 60.3 Å². The smallest absolute Gasteiger partial charge is 0.111 e. The summed E-state index contributed by atoms with van der Waals surface area (Å²) in [5, 5.41) is 9.93. The molecule has 1 aromatic heterocycles. The standard InChI is InChI=1S/C18H19N3/c1-13(2)21-12-17(16-6-4-5-7-18(16)21)20-19-15-10-8-14(3)9-11-15/h4-13H,1-3H3. The lowest BCUT2D eigenvalue weighted by Crippen LogP contribution is -1.97. The number of hydrogen-bond acceptors (Lipinski definition) is 2. The summed E-state index contributed by atoms with van der Waals surface area (Å²) in [5.41, 5.74) is 4.22. The highest BCUT2D eigenvalue weighted by Gasteiger charge is 2.09. The van der Waals surface area contributed by atoms with Gasteiger partial charge in [-0.1, -0.05) is 35.9 Å². The van der Waals surface area contributed by atoms with Crippen molar-refractivity contribution in [3.8, 4) is 0 Å². The Morgan fingerprint density at radius 2 is 1.62 bits per heavy atom. The lowest BCUT2D eigenvalue weighted by atomic mass is 10.2. The minimum Gasteiger partial charge on any atom is -0.343 e. The van der Waals surface area contributed by atoms with E-state index < -0.39 is 0 Å². The highest BCUT2D eigenvalue weighted by molar-refractivity contribution is 5.91. The first-order valence-corrected chi connectivity index (χ1v) is 7.23. The van der Waals surface area contributed by atoms with Crippen molar-refractivity contribution in [2.75, 3.05) is 0 Å². The van der Waals surface area contributed by atoms with E-state index in [-0.39, 0.29) is 0 Å². The van der Waals surface area contributed by atoms with Gasteiger partial charge in [0.1, 0.15) is 5.69 Å². The number of aromatic nitrogens is 1. The molecular weight excluding hydrogens is 258 g/mol. The molecule has 0 bridgehead atoms. The van der Waals surface area contributed by atoms with E-state index in [4.69, 9.17) is 0 Å². The van der Waals surface area contributed by atoms with Crippen molar-refractivity contribution < 1.29 is 0 Å². The Bertz CT molecular complexity index is 780. The van der Waals surface area contributed by atoms with Gasteiger partial charge in [-0.15, -0.1) is 5.11 Å². The molecule has 0 saturated heterocycles. The summed E-state index contributed by atoms with van der Waals surface area (Å²) in [6.45, 7) is 6.41. The molecule has 3 rings (SSSR count). The molecule has 3 aromatic rings. The SMILES string of the molecule is Cc1ccc(N=Nc2cn(C(C)C)c3ccccc23)cc1. The molecule has 3 nitrogen and oxygen atoms in total. The van der Waals surface area contributed by atoms with E-state index in [9.17, 15) is 0 Å². The third-order valence-electron chi connectivity index (χ3n) is 3.58. The second kappa shape index (κ2) is 5.52. The Balaban J connectivity index is 2.02. The van der Waals surface area contributed by atoms with Gasteiger partial charge >= 0.3 is 0 Å². The Labute approximate surface area is 124 Å². The van der Waals surface area contributed by atoms with Crippen LogP contribution in [0.1, 0.15) is 25.5 Å². The first kappa shape index (κ1) is 13.6. The summed E-state index contributed by atoms with van der Waals surface area (Å²) in [7, 11) is 0. The van der Waals surface area contributed by atoms with Crippen LogP contribution in [-0.4, -0.2) is 4.57 Å². The van der Waals surface area contributed by atoms with Crippen molar-refractivity contribution in [1.82, 2.24) is 4.57 Å². The van der Waals surface area contributed by atoms with Crippen LogP contribution < -0.4 is 0 Å². The van der Waals surface area contributed by atoms with Crippen LogP contribution in [0.15, 0.2) is 65.0 Å². The summed E-state index contributed by atoms with van der Waals surface area (Å²) in [5.74, 6) is 0. The highest BCUT2D eigenvalue weighted by Crippen LogP contribution is 2.31. The lowest BCUT2D eigenvalue weighted by molar-refractivity contribution is 0.623. The molecule has 0 atom stereocenters. The maximum Gasteiger partial charge on any atom is 0.111 e. The molecule has 21 heavy (non-hydrogen) atoms. The number of benzene rings is 2. The molecular formula is C18H19N3. The molecule has 0 aliphatic heterocycles. The van der Waals surface area contributed by atoms with E-state index in [2.05, 4.69) is 60.0 Å². The molecule has 0 aliphatic carbocycles. The second-order valence-electron chi connectivity index (χ2n) is 5.57. The normalized spacial score (nSPS) is 11.8. The Kier molecular flexibility index (Phi) is 3.57. The van der Waals surface area contributed by atoms with Gasteiger partial charge in [0.15, 0.2) is 0 Å². The fraction of sp³-hybridized carbons (Fsp3) is 0.222. The number of para-hydroxylation sites is 1. The third kappa shape index (κ3) is 2.72. The van der Waals surface area contributed by atoms with Gasteiger partial charge < -0.3 is 4.57 Å². The lowest BCUT2D eigenvalue weighted by Gasteiger charge is -2.07. The number of azo groups is 1. The molecule has 0 spiro atoms. The third-order valence-corrected chi connectivity index (χ3v) is 3.58. The molecule has 106 valence electrons. The number of rotatable bonds is 3. The summed E-state index contributed by atoms with van der Waals surface area (Å²) >= 11 is 0. The van der Waals surface area contributed by atoms with E-state index in [0.717, 1.165) is 16.8 Å². The minimum absolute atomic E-state index is 0.401. The minimum atomic E-state index is 0.401. The zero-order valence-corrected chi connectivity index (χ0v) is 12.6. The molecule has 0 N–H and O–H groups in total. The van der Waals surface area contributed by atoms with Gasteiger partial charge in [-0.25, -0.2) is 0 Å². The molecule has 0 unspecified atom stereocenters. The molecule has 1 heterocycles. The van der Waals surface area contributed by atoms with Crippen LogP contribution in [-0.2, 0) is 0 Å². The monoisotopic (exact) mass is 277 g/mol. The van der Waals surface area contributed by atoms with Gasteiger partial charge in [0, 0.05) is 17.6 Å². The van der Waals surface area contributed by atoms with E-state index in [1.807, 2.05) is 30.3 Å². The van der Waals surface area contributed by atoms with Crippen molar-refractivity contribution in [2.45, 2.75) is 26.8 Å². The second-order valence-corrected chi connectivity index (χ2v) is 5.57. The average Bonchev–Trinajstić information content (AvgIpc) is 2.86. The van der Waals surface area contributed by atoms with Crippen LogP contribution in [0.5, 0.6) is 0 Å². The zero-order valence-electron chi connectivity index (χ0n) is 12.6. The Hall–Kier alpha value is -2.42. The Morgan fingerprint density at radius 3 is 2.33 bits per heavy atom. The largest absolute Gasteiger partial charge is 0.343 e. The van der Waals surface area contributed by atoms with Gasteiger partial charge in [-0.3, -0.25) is 0 Å². The van der Waals surface area contributed by atoms with Crippen molar-refractivity contribution >= 4 is 22.3 Å². The van der Waals surface area contributed by atoms with E-state index in [0.29, 0.717) is 6.04 Å². The quantitative estimate of drug-likeness (QED) is 0.530. The van der Waals surface area contributed by atoms with Gasteiger partial charge in [-0.2, -0.15) is 5.11 Å². The summed E-state index contributed by atoms with van der Waals surface area (Å²) in [6.07, 6.45) is 2.08. The molecule has 0 amide bonds. The number of hydrogen-bond donors (Lipinski definition) is 0. The van der Waals surface area contributed by atoms with Crippen LogP contribution in [0.2, 0.25) is 0 Å². The molecule has 0 aliphatic rings. The zero-order chi connectivity index (χ0) is 14.8. The van der Waals surface area contributed by atoms with Gasteiger partial charge in [0.25, 0.3) is 0 Å². The fourth-order valence-corrected chi connectivity index (χ4v) is 2.42. The van der Waals surface area contributed by atoms with Crippen molar-refractivity contribution in [1.29, 1.82) is 0 Å². The van der Waals surface area contributed by atoms with Crippen LogP contribution in [0, 0.1) is 6.92 Å². The number of fused-ring (bicyclic) bond motifs is 1. The first-order valence-electron chi connectivity index (χ1n) is 7.23. The van der Waals surface area contributed by atoms with Gasteiger partial charge in [-0.05, 0) is 39.0 Å². The molecule has 0 radical (unpaired) electrons. The summed E-state index contributed by atoms with van der Waals surface area (Å²) in [4.78, 5) is 0. The number of nitrogens with zero attached hydrogens (tertiary/aromatic N) is 3. The molecule has 3 heteroatoms. The van der Waals surface area contributed by atoms with E-state index >= 15 is 0 Å². The maximum absolute atomic E-state index is 4.44. The average molecular weight is 277 g/mol. The van der Waals surface area contributed by atoms with Gasteiger partial charge in [0.05, 0.1) is 11.2 Å². The van der Waals surface area contributed by atoms with Crippen molar-refractivity contribution in [2.24, 2.45) is 10.2 Å². The van der Waals surface area contributed by atoms with Crippen LogP contribution in [0.4, 0.5) is 11.4 Å². The highest BCUT2D eigenvalue weighted by atomic mass is 15.1. The van der Waals surface area contributed by atoms with Crippen LogP contribution in [0.25, 0.3) is 10.9 Å². The van der Waals surface area contributed by atoms with Crippen LogP contribution >= 0.6 is 0 Å². The predicted octanol–water partition coefficient (Wildman–Crippen LogP) is 5.95. The van der Waals surface area contributed by atoms with Crippen LogP contribution in [0.3, 0.4) is 0 Å². The molecule has 2 aromatic carbocycles. The number of aryl methyl sites for hydroxylation is 1. The fourth-order valence-electron chi connectivity index (χ4n) is 2.42.